The fourth-order valence-corrected chi connectivity index (χ4v) is 2.98. The van der Waals surface area contributed by atoms with Crippen LogP contribution in [0.5, 0.6) is 5.75 Å². The predicted octanol–water partition coefficient (Wildman–Crippen LogP) is 3.49. The van der Waals surface area contributed by atoms with Crippen molar-refractivity contribution in [2.24, 2.45) is 0 Å². The summed E-state index contributed by atoms with van der Waals surface area (Å²) >= 11 is 5.87. The van der Waals surface area contributed by atoms with Gasteiger partial charge in [0.25, 0.3) is 5.91 Å². The van der Waals surface area contributed by atoms with Gasteiger partial charge in [0.1, 0.15) is 5.75 Å². The molecule has 0 aromatic heterocycles. The van der Waals surface area contributed by atoms with E-state index in [1.54, 1.807) is 24.3 Å². The van der Waals surface area contributed by atoms with Crippen molar-refractivity contribution >= 4 is 17.5 Å². The van der Waals surface area contributed by atoms with Crippen molar-refractivity contribution in [2.75, 3.05) is 13.1 Å². The molecule has 5 heteroatoms. The van der Waals surface area contributed by atoms with E-state index in [1.807, 2.05) is 6.92 Å². The fourth-order valence-electron chi connectivity index (χ4n) is 2.85. The van der Waals surface area contributed by atoms with E-state index in [1.165, 1.54) is 0 Å². The van der Waals surface area contributed by atoms with Gasteiger partial charge in [-0.15, -0.1) is 0 Å². The van der Waals surface area contributed by atoms with Crippen LogP contribution in [-0.2, 0) is 4.79 Å². The summed E-state index contributed by atoms with van der Waals surface area (Å²) in [7, 11) is 0. The van der Waals surface area contributed by atoms with Crippen LogP contribution in [0.3, 0.4) is 0 Å². The summed E-state index contributed by atoms with van der Waals surface area (Å²) in [6.07, 6.45) is 2.18. The van der Waals surface area contributed by atoms with E-state index < -0.39 is 6.10 Å². The molecule has 0 bridgehead atoms. The molecule has 0 aliphatic carbocycles. The molecule has 1 atom stereocenters. The van der Waals surface area contributed by atoms with Gasteiger partial charge in [0.2, 0.25) is 0 Å². The number of halogens is 1. The Bertz CT molecular complexity index is 496. The van der Waals surface area contributed by atoms with Crippen LogP contribution < -0.4 is 10.1 Å². The number of ether oxygens (including phenoxy) is 1. The van der Waals surface area contributed by atoms with Gasteiger partial charge >= 0.3 is 0 Å². The molecule has 1 aromatic carbocycles. The third kappa shape index (κ3) is 5.40. The molecule has 0 spiro atoms. The van der Waals surface area contributed by atoms with Gasteiger partial charge in [0.15, 0.2) is 6.10 Å². The zero-order valence-corrected chi connectivity index (χ0v) is 15.0. The molecule has 1 heterocycles. The molecule has 23 heavy (non-hydrogen) atoms. The monoisotopic (exact) mass is 338 g/mol. The minimum absolute atomic E-state index is 0.0227. The van der Waals surface area contributed by atoms with Crippen LogP contribution in [0.15, 0.2) is 24.3 Å². The number of nitrogens with zero attached hydrogens (tertiary/aromatic N) is 1. The summed E-state index contributed by atoms with van der Waals surface area (Å²) in [6, 6.07) is 7.94. The number of hydrogen-bond acceptors (Lipinski definition) is 3. The Labute approximate surface area is 144 Å². The fraction of sp³-hybridized carbons (Fsp3) is 0.611. The number of nitrogens with one attached hydrogen (secondary N) is 1. The van der Waals surface area contributed by atoms with Crippen molar-refractivity contribution < 1.29 is 9.53 Å². The molecule has 0 radical (unpaired) electrons. The summed E-state index contributed by atoms with van der Waals surface area (Å²) in [5, 5.41) is 3.80. The first-order valence-corrected chi connectivity index (χ1v) is 8.84. The summed E-state index contributed by atoms with van der Waals surface area (Å²) < 4.78 is 5.80. The molecule has 1 aliphatic rings. The number of benzene rings is 1. The third-order valence-electron chi connectivity index (χ3n) is 4.36. The van der Waals surface area contributed by atoms with Gasteiger partial charge in [0.05, 0.1) is 0 Å². The Hall–Kier alpha value is -1.26. The van der Waals surface area contributed by atoms with Gasteiger partial charge in [0, 0.05) is 30.2 Å². The van der Waals surface area contributed by atoms with E-state index in [-0.39, 0.29) is 11.9 Å². The first-order valence-electron chi connectivity index (χ1n) is 8.46. The summed E-state index contributed by atoms with van der Waals surface area (Å²) in [5.74, 6) is 0.650. The molecule has 1 fully saturated rings. The lowest BCUT2D eigenvalue weighted by atomic mass is 10.0. The highest BCUT2D eigenvalue weighted by atomic mass is 35.5. The molecule has 1 unspecified atom stereocenters. The molecule has 128 valence electrons. The molecular formula is C18H27ClN2O2. The summed E-state index contributed by atoms with van der Waals surface area (Å²) in [6.45, 7) is 8.47. The van der Waals surface area contributed by atoms with Crippen molar-refractivity contribution in [1.82, 2.24) is 10.2 Å². The van der Waals surface area contributed by atoms with E-state index in [0.717, 1.165) is 25.9 Å². The van der Waals surface area contributed by atoms with Crippen LogP contribution in [0.2, 0.25) is 5.02 Å². The maximum Gasteiger partial charge on any atom is 0.261 e. The second kappa shape index (κ2) is 8.55. The molecule has 4 nitrogen and oxygen atoms in total. The van der Waals surface area contributed by atoms with Gasteiger partial charge in [-0.05, 0) is 57.4 Å². The molecule has 1 amide bonds. The Morgan fingerprint density at radius 1 is 1.30 bits per heavy atom. The molecule has 2 rings (SSSR count). The number of carbonyl (C=O) groups excluding carboxylic acids is 1. The lowest BCUT2D eigenvalue weighted by Crippen LogP contribution is -2.49. The average molecular weight is 339 g/mol. The lowest BCUT2D eigenvalue weighted by molar-refractivity contribution is -0.129. The van der Waals surface area contributed by atoms with Crippen LogP contribution in [0.1, 0.15) is 40.0 Å². The highest BCUT2D eigenvalue weighted by Gasteiger charge is 2.25. The number of likely N-dealkylation sites (tertiary alicyclic amines) is 1. The van der Waals surface area contributed by atoms with Crippen LogP contribution in [-0.4, -0.2) is 42.1 Å². The quantitative estimate of drug-likeness (QED) is 0.863. The number of carbonyl (C=O) groups is 1. The molecule has 1 aliphatic heterocycles. The molecule has 1 saturated heterocycles. The zero-order chi connectivity index (χ0) is 16.8. The standard InChI is InChI=1S/C18H27ClN2O2/c1-4-17(23-16-7-5-14(19)6-8-16)18(22)20-15-9-11-21(12-10-15)13(2)3/h5-8,13,15,17H,4,9-12H2,1-3H3,(H,20,22). The van der Waals surface area contributed by atoms with Crippen LogP contribution >= 0.6 is 11.6 Å². The number of amides is 1. The van der Waals surface area contributed by atoms with Crippen molar-refractivity contribution in [3.63, 3.8) is 0 Å². The largest absolute Gasteiger partial charge is 0.481 e. The first kappa shape index (κ1) is 18.1. The lowest BCUT2D eigenvalue weighted by Gasteiger charge is -2.35. The van der Waals surface area contributed by atoms with Crippen molar-refractivity contribution in [3.8, 4) is 5.75 Å². The summed E-state index contributed by atoms with van der Waals surface area (Å²) in [5.41, 5.74) is 0. The second-order valence-corrected chi connectivity index (χ2v) is 6.82. The smallest absolute Gasteiger partial charge is 0.261 e. The van der Waals surface area contributed by atoms with Gasteiger partial charge in [-0.2, -0.15) is 0 Å². The Morgan fingerprint density at radius 3 is 2.43 bits per heavy atom. The number of hydrogen-bond donors (Lipinski definition) is 1. The Kier molecular flexibility index (Phi) is 6.72. The van der Waals surface area contributed by atoms with Gasteiger partial charge in [-0.3, -0.25) is 4.79 Å². The molecule has 1 aromatic rings. The molecular weight excluding hydrogens is 312 g/mol. The number of piperidine rings is 1. The highest BCUT2D eigenvalue weighted by Crippen LogP contribution is 2.18. The second-order valence-electron chi connectivity index (χ2n) is 6.38. The van der Waals surface area contributed by atoms with E-state index in [0.29, 0.717) is 23.2 Å². The number of rotatable bonds is 6. The highest BCUT2D eigenvalue weighted by molar-refractivity contribution is 6.30. The summed E-state index contributed by atoms with van der Waals surface area (Å²) in [4.78, 5) is 14.9. The normalized spacial score (nSPS) is 18.0. The van der Waals surface area contributed by atoms with Crippen LogP contribution in [0.4, 0.5) is 0 Å². The minimum atomic E-state index is -0.459. The van der Waals surface area contributed by atoms with Gasteiger partial charge in [-0.25, -0.2) is 0 Å². The van der Waals surface area contributed by atoms with Crippen LogP contribution in [0, 0.1) is 0 Å². The maximum atomic E-state index is 12.5. The van der Waals surface area contributed by atoms with Crippen molar-refractivity contribution in [2.45, 2.75) is 58.2 Å². The maximum absolute atomic E-state index is 12.5. The van der Waals surface area contributed by atoms with Gasteiger partial charge < -0.3 is 15.0 Å². The van der Waals surface area contributed by atoms with E-state index in [9.17, 15) is 4.79 Å². The van der Waals surface area contributed by atoms with Gasteiger partial charge in [-0.1, -0.05) is 18.5 Å². The minimum Gasteiger partial charge on any atom is -0.481 e. The van der Waals surface area contributed by atoms with Crippen molar-refractivity contribution in [3.05, 3.63) is 29.3 Å². The van der Waals surface area contributed by atoms with E-state index in [4.69, 9.17) is 16.3 Å². The van der Waals surface area contributed by atoms with E-state index in [2.05, 4.69) is 24.1 Å². The molecule has 0 saturated carbocycles. The SMILES string of the molecule is CCC(Oc1ccc(Cl)cc1)C(=O)NC1CCN(C(C)C)CC1. The Balaban J connectivity index is 1.84. The Morgan fingerprint density at radius 2 is 1.91 bits per heavy atom. The first-order chi connectivity index (χ1) is 11.0. The topological polar surface area (TPSA) is 41.6 Å². The van der Waals surface area contributed by atoms with Crippen molar-refractivity contribution in [1.29, 1.82) is 0 Å². The average Bonchev–Trinajstić information content (AvgIpc) is 2.54. The molecule has 1 N–H and O–H groups in total. The predicted molar refractivity (Wildman–Crippen MR) is 94.0 cm³/mol. The zero-order valence-electron chi connectivity index (χ0n) is 14.2. The third-order valence-corrected chi connectivity index (χ3v) is 4.61. The van der Waals surface area contributed by atoms with Crippen LogP contribution in [0.25, 0.3) is 0 Å². The van der Waals surface area contributed by atoms with E-state index >= 15 is 0 Å².